The monoisotopic (exact) mass is 453 g/mol. The molecule has 0 aliphatic carbocycles. The van der Waals surface area contributed by atoms with E-state index in [0.717, 1.165) is 29.6 Å². The van der Waals surface area contributed by atoms with Crippen molar-refractivity contribution in [3.63, 3.8) is 0 Å². The van der Waals surface area contributed by atoms with E-state index >= 15 is 0 Å². The van der Waals surface area contributed by atoms with Gasteiger partial charge in [-0.1, -0.05) is 11.6 Å². The Morgan fingerprint density at radius 2 is 1.90 bits per heavy atom. The van der Waals surface area contributed by atoms with Crippen molar-refractivity contribution < 1.29 is 4.74 Å². The van der Waals surface area contributed by atoms with Crippen LogP contribution in [0, 0.1) is 0 Å². The first kappa shape index (κ1) is 19.9. The maximum Gasteiger partial charge on any atom is 0.200 e. The van der Waals surface area contributed by atoms with E-state index in [1.165, 1.54) is 19.3 Å². The Labute approximate surface area is 188 Å². The first-order valence-corrected chi connectivity index (χ1v) is 11.3. The Kier molecular flexibility index (Phi) is 5.52. The molecule has 5 heterocycles. The van der Waals surface area contributed by atoms with E-state index in [9.17, 15) is 0 Å². The molecule has 1 aliphatic heterocycles. The number of methoxy groups -OCH3 is 1. The second-order valence-corrected chi connectivity index (χ2v) is 8.38. The Hall–Kier alpha value is -3.04. The lowest BCUT2D eigenvalue weighted by molar-refractivity contribution is 0.414. The van der Waals surface area contributed by atoms with E-state index < -0.39 is 0 Å². The van der Waals surface area contributed by atoms with Crippen LogP contribution in [0.3, 0.4) is 0 Å². The molecule has 0 spiro atoms. The van der Waals surface area contributed by atoms with Crippen LogP contribution in [-0.2, 0) is 0 Å². The Bertz CT molecular complexity index is 1180. The summed E-state index contributed by atoms with van der Waals surface area (Å²) in [4.78, 5) is 20.6. The van der Waals surface area contributed by atoms with Gasteiger partial charge in [-0.15, -0.1) is 16.4 Å². The Morgan fingerprint density at radius 3 is 2.68 bits per heavy atom. The van der Waals surface area contributed by atoms with E-state index in [1.807, 2.05) is 17.5 Å². The number of rotatable bonds is 5. The van der Waals surface area contributed by atoms with Gasteiger partial charge in [-0.25, -0.2) is 19.6 Å². The maximum absolute atomic E-state index is 5.98. The predicted molar refractivity (Wildman–Crippen MR) is 121 cm³/mol. The molecule has 0 amide bonds. The van der Waals surface area contributed by atoms with Gasteiger partial charge in [-0.2, -0.15) is 0 Å². The lowest BCUT2D eigenvalue weighted by atomic mass is 10.1. The largest absolute Gasteiger partial charge is 0.497 e. The Balaban J connectivity index is 1.58. The standard InChI is InChI=1S/C21H20ClN7OS/c1-30-15-7-8-23-16(11-15)19-26-20(29(27-19)14-5-6-18(22)24-12-14)17-13-31-21(25-17)28-9-3-2-4-10-28/h5-8,11-13H,2-4,9-10H2,1H3. The number of hydrogen-bond donors (Lipinski definition) is 0. The summed E-state index contributed by atoms with van der Waals surface area (Å²) in [5.41, 5.74) is 2.13. The third-order valence-corrected chi connectivity index (χ3v) is 6.23. The first-order valence-electron chi connectivity index (χ1n) is 10.0. The third kappa shape index (κ3) is 4.11. The van der Waals surface area contributed by atoms with Crippen molar-refractivity contribution in [2.24, 2.45) is 0 Å². The van der Waals surface area contributed by atoms with Crippen LogP contribution in [0.5, 0.6) is 5.75 Å². The lowest BCUT2D eigenvalue weighted by Gasteiger charge is -2.25. The molecule has 1 saturated heterocycles. The highest BCUT2D eigenvalue weighted by molar-refractivity contribution is 7.14. The van der Waals surface area contributed by atoms with Gasteiger partial charge in [-0.05, 0) is 37.5 Å². The minimum atomic E-state index is 0.418. The normalized spacial score (nSPS) is 14.1. The number of piperidine rings is 1. The van der Waals surface area contributed by atoms with Gasteiger partial charge in [0.05, 0.1) is 19.0 Å². The van der Waals surface area contributed by atoms with E-state index in [0.29, 0.717) is 28.2 Å². The van der Waals surface area contributed by atoms with Crippen LogP contribution in [0.1, 0.15) is 19.3 Å². The number of hydrogen-bond acceptors (Lipinski definition) is 8. The van der Waals surface area contributed by atoms with Crippen LogP contribution < -0.4 is 9.64 Å². The van der Waals surface area contributed by atoms with E-state index in [4.69, 9.17) is 31.4 Å². The number of nitrogens with zero attached hydrogens (tertiary/aromatic N) is 7. The zero-order chi connectivity index (χ0) is 21.2. The van der Waals surface area contributed by atoms with Crippen LogP contribution in [0.25, 0.3) is 28.7 Å². The molecule has 0 saturated carbocycles. The number of pyridine rings is 2. The highest BCUT2D eigenvalue weighted by Crippen LogP contribution is 2.31. The molecule has 0 aromatic carbocycles. The van der Waals surface area contributed by atoms with Crippen LogP contribution in [-0.4, -0.2) is 49.9 Å². The SMILES string of the molecule is COc1ccnc(-c2nc(-c3csc(N4CCCCC4)n3)n(-c3ccc(Cl)nc3)n2)c1. The first-order chi connectivity index (χ1) is 15.2. The molecule has 1 aliphatic rings. The summed E-state index contributed by atoms with van der Waals surface area (Å²) < 4.78 is 7.05. The molecule has 0 unspecified atom stereocenters. The van der Waals surface area contributed by atoms with E-state index in [2.05, 4.69) is 14.9 Å². The fraction of sp³-hybridized carbons (Fsp3) is 0.286. The molecule has 158 valence electrons. The fourth-order valence-electron chi connectivity index (χ4n) is 3.52. The van der Waals surface area contributed by atoms with Crippen LogP contribution >= 0.6 is 22.9 Å². The van der Waals surface area contributed by atoms with Crippen molar-refractivity contribution in [3.05, 3.63) is 47.2 Å². The molecule has 10 heteroatoms. The summed E-state index contributed by atoms with van der Waals surface area (Å²) in [5.74, 6) is 1.80. The number of aromatic nitrogens is 6. The van der Waals surface area contributed by atoms with Crippen LogP contribution in [0.2, 0.25) is 5.15 Å². The number of anilines is 1. The average Bonchev–Trinajstić information content (AvgIpc) is 3.48. The van der Waals surface area contributed by atoms with Gasteiger partial charge < -0.3 is 9.64 Å². The van der Waals surface area contributed by atoms with Gasteiger partial charge >= 0.3 is 0 Å². The fourth-order valence-corrected chi connectivity index (χ4v) is 4.49. The summed E-state index contributed by atoms with van der Waals surface area (Å²) in [5, 5.41) is 8.16. The smallest absolute Gasteiger partial charge is 0.200 e. The topological polar surface area (TPSA) is 81.9 Å². The second kappa shape index (κ2) is 8.60. The predicted octanol–water partition coefficient (Wildman–Crippen LogP) is 4.50. The second-order valence-electron chi connectivity index (χ2n) is 7.15. The maximum atomic E-state index is 5.98. The quantitative estimate of drug-likeness (QED) is 0.411. The highest BCUT2D eigenvalue weighted by Gasteiger charge is 2.21. The van der Waals surface area contributed by atoms with Gasteiger partial charge in [0.15, 0.2) is 11.0 Å². The summed E-state index contributed by atoms with van der Waals surface area (Å²) >= 11 is 7.61. The van der Waals surface area contributed by atoms with Crippen molar-refractivity contribution >= 4 is 28.1 Å². The minimum Gasteiger partial charge on any atom is -0.497 e. The highest BCUT2D eigenvalue weighted by atomic mass is 35.5. The van der Waals surface area contributed by atoms with Crippen molar-refractivity contribution in [2.75, 3.05) is 25.1 Å². The molecule has 5 rings (SSSR count). The third-order valence-electron chi connectivity index (χ3n) is 5.11. The Morgan fingerprint density at radius 1 is 1.03 bits per heavy atom. The summed E-state index contributed by atoms with van der Waals surface area (Å²) in [6.45, 7) is 2.08. The molecule has 0 N–H and O–H groups in total. The van der Waals surface area contributed by atoms with E-state index in [-0.39, 0.29) is 0 Å². The molecule has 0 bridgehead atoms. The zero-order valence-corrected chi connectivity index (χ0v) is 18.5. The van der Waals surface area contributed by atoms with Crippen LogP contribution in [0.4, 0.5) is 5.13 Å². The molecular weight excluding hydrogens is 434 g/mol. The molecule has 1 fully saturated rings. The van der Waals surface area contributed by atoms with Gasteiger partial charge in [0.25, 0.3) is 0 Å². The van der Waals surface area contributed by atoms with Gasteiger partial charge in [0.2, 0.25) is 5.82 Å². The summed E-state index contributed by atoms with van der Waals surface area (Å²) in [6, 6.07) is 7.18. The summed E-state index contributed by atoms with van der Waals surface area (Å²) in [7, 11) is 1.62. The lowest BCUT2D eigenvalue weighted by Crippen LogP contribution is -2.29. The zero-order valence-electron chi connectivity index (χ0n) is 16.9. The molecule has 4 aromatic heterocycles. The number of ether oxygens (including phenoxy) is 1. The van der Waals surface area contributed by atoms with Crippen molar-refractivity contribution in [1.29, 1.82) is 0 Å². The molecule has 4 aromatic rings. The van der Waals surface area contributed by atoms with Crippen molar-refractivity contribution in [3.8, 4) is 34.5 Å². The van der Waals surface area contributed by atoms with E-state index in [1.54, 1.807) is 47.7 Å². The van der Waals surface area contributed by atoms with Crippen molar-refractivity contribution in [1.82, 2.24) is 29.7 Å². The van der Waals surface area contributed by atoms with Crippen molar-refractivity contribution in [2.45, 2.75) is 19.3 Å². The average molecular weight is 454 g/mol. The van der Waals surface area contributed by atoms with Gasteiger partial charge in [-0.3, -0.25) is 4.98 Å². The molecular formula is C21H20ClN7OS. The molecule has 8 nitrogen and oxygen atoms in total. The molecule has 0 radical (unpaired) electrons. The van der Waals surface area contributed by atoms with Gasteiger partial charge in [0.1, 0.15) is 22.3 Å². The summed E-state index contributed by atoms with van der Waals surface area (Å²) in [6.07, 6.45) is 7.03. The molecule has 31 heavy (non-hydrogen) atoms. The van der Waals surface area contributed by atoms with Crippen LogP contribution in [0.15, 0.2) is 42.0 Å². The number of thiazole rings is 1. The minimum absolute atomic E-state index is 0.418. The van der Waals surface area contributed by atoms with Gasteiger partial charge in [0, 0.05) is 30.7 Å². The molecule has 0 atom stereocenters. The number of halogens is 1.